The van der Waals surface area contributed by atoms with Gasteiger partial charge >= 0.3 is 6.03 Å². The fourth-order valence-electron chi connectivity index (χ4n) is 2.18. The number of carbonyl (C=O) groups is 1. The lowest BCUT2D eigenvalue weighted by atomic mass is 10.0. The van der Waals surface area contributed by atoms with Crippen LogP contribution in [0.25, 0.3) is 0 Å². The number of benzene rings is 1. The third-order valence-electron chi connectivity index (χ3n) is 3.15. The first-order valence-corrected chi connectivity index (χ1v) is 7.19. The van der Waals surface area contributed by atoms with Gasteiger partial charge in [0.05, 0.1) is 12.7 Å². The van der Waals surface area contributed by atoms with E-state index in [2.05, 4.69) is 10.6 Å². The minimum Gasteiger partial charge on any atom is -0.387 e. The summed E-state index contributed by atoms with van der Waals surface area (Å²) in [6.07, 6.45) is -0.703. The zero-order valence-corrected chi connectivity index (χ0v) is 13.3. The molecule has 2 amide bonds. The standard InChI is InChI=1S/C16H26N2O3/c1-11-5-12(2)7-14(6-11)15(19)9-18-16(20)17-8-13(3)10-21-4/h5-7,13,15,19H,8-10H2,1-4H3,(H2,17,18,20)/t13-,15-/m0/s1. The summed E-state index contributed by atoms with van der Waals surface area (Å²) in [5, 5.41) is 15.5. The van der Waals surface area contributed by atoms with Crippen molar-refractivity contribution in [1.29, 1.82) is 0 Å². The Morgan fingerprint density at radius 3 is 2.33 bits per heavy atom. The average molecular weight is 294 g/mol. The molecule has 118 valence electrons. The third kappa shape index (κ3) is 6.60. The van der Waals surface area contributed by atoms with Crippen LogP contribution in [0.2, 0.25) is 0 Å². The Labute approximate surface area is 126 Å². The van der Waals surface area contributed by atoms with E-state index in [9.17, 15) is 9.90 Å². The molecule has 2 atom stereocenters. The molecule has 0 aliphatic heterocycles. The Kier molecular flexibility index (Phi) is 7.19. The zero-order valence-electron chi connectivity index (χ0n) is 13.3. The lowest BCUT2D eigenvalue weighted by Gasteiger charge is -2.15. The van der Waals surface area contributed by atoms with E-state index in [1.165, 1.54) is 0 Å². The van der Waals surface area contributed by atoms with E-state index in [1.54, 1.807) is 7.11 Å². The van der Waals surface area contributed by atoms with Crippen molar-refractivity contribution < 1.29 is 14.6 Å². The van der Waals surface area contributed by atoms with Crippen LogP contribution in [0.15, 0.2) is 18.2 Å². The average Bonchev–Trinajstić information content (AvgIpc) is 2.41. The molecule has 0 aliphatic rings. The quantitative estimate of drug-likeness (QED) is 0.719. The maximum atomic E-state index is 11.6. The van der Waals surface area contributed by atoms with E-state index in [0.717, 1.165) is 16.7 Å². The molecule has 0 fully saturated rings. The molecular formula is C16H26N2O3. The molecule has 5 nitrogen and oxygen atoms in total. The first-order chi connectivity index (χ1) is 9.92. The van der Waals surface area contributed by atoms with Gasteiger partial charge in [0.2, 0.25) is 0 Å². The van der Waals surface area contributed by atoms with Crippen molar-refractivity contribution >= 4 is 6.03 Å². The van der Waals surface area contributed by atoms with Crippen molar-refractivity contribution in [2.45, 2.75) is 26.9 Å². The van der Waals surface area contributed by atoms with E-state index in [0.29, 0.717) is 13.2 Å². The molecule has 0 aromatic heterocycles. The summed E-state index contributed by atoms with van der Waals surface area (Å²) in [6.45, 7) is 7.30. The first kappa shape index (κ1) is 17.5. The molecule has 5 heteroatoms. The van der Waals surface area contributed by atoms with Gasteiger partial charge in [0.25, 0.3) is 0 Å². The Hall–Kier alpha value is -1.59. The minimum absolute atomic E-state index is 0.188. The third-order valence-corrected chi connectivity index (χ3v) is 3.15. The molecule has 0 bridgehead atoms. The molecule has 0 spiro atoms. The van der Waals surface area contributed by atoms with Gasteiger partial charge < -0.3 is 20.5 Å². The van der Waals surface area contributed by atoms with Crippen molar-refractivity contribution in [3.63, 3.8) is 0 Å². The Morgan fingerprint density at radius 2 is 1.76 bits per heavy atom. The van der Waals surface area contributed by atoms with Gasteiger partial charge in [-0.05, 0) is 25.3 Å². The monoisotopic (exact) mass is 294 g/mol. The SMILES string of the molecule is COC[C@@H](C)CNC(=O)NC[C@H](O)c1cc(C)cc(C)c1. The summed E-state index contributed by atoms with van der Waals surface area (Å²) in [5.74, 6) is 0.255. The van der Waals surface area contributed by atoms with Gasteiger partial charge in [-0.25, -0.2) is 4.79 Å². The van der Waals surface area contributed by atoms with E-state index >= 15 is 0 Å². The van der Waals surface area contributed by atoms with Crippen molar-refractivity contribution in [3.05, 3.63) is 34.9 Å². The fraction of sp³-hybridized carbons (Fsp3) is 0.562. The van der Waals surface area contributed by atoms with Gasteiger partial charge in [-0.1, -0.05) is 36.2 Å². The summed E-state index contributed by atoms with van der Waals surface area (Å²) >= 11 is 0. The molecule has 1 aromatic carbocycles. The fourth-order valence-corrected chi connectivity index (χ4v) is 2.18. The van der Waals surface area contributed by atoms with Crippen molar-refractivity contribution in [2.24, 2.45) is 5.92 Å². The molecule has 3 N–H and O–H groups in total. The van der Waals surface area contributed by atoms with E-state index in [4.69, 9.17) is 4.74 Å². The zero-order chi connectivity index (χ0) is 15.8. The van der Waals surface area contributed by atoms with Crippen molar-refractivity contribution in [1.82, 2.24) is 10.6 Å². The van der Waals surface area contributed by atoms with Gasteiger partial charge in [-0.2, -0.15) is 0 Å². The van der Waals surface area contributed by atoms with Crippen LogP contribution in [0.1, 0.15) is 29.7 Å². The van der Waals surface area contributed by atoms with Crippen LogP contribution in [-0.4, -0.2) is 37.9 Å². The Bertz CT molecular complexity index is 443. The van der Waals surface area contributed by atoms with Crippen LogP contribution < -0.4 is 10.6 Å². The largest absolute Gasteiger partial charge is 0.387 e. The highest BCUT2D eigenvalue weighted by Gasteiger charge is 2.11. The van der Waals surface area contributed by atoms with Crippen molar-refractivity contribution in [3.8, 4) is 0 Å². The molecule has 0 saturated carbocycles. The van der Waals surface area contributed by atoms with Gasteiger partial charge in [-0.3, -0.25) is 0 Å². The number of carbonyl (C=O) groups excluding carboxylic acids is 1. The van der Waals surface area contributed by atoms with Crippen molar-refractivity contribution in [2.75, 3.05) is 26.8 Å². The molecule has 0 heterocycles. The highest BCUT2D eigenvalue weighted by Crippen LogP contribution is 2.16. The first-order valence-electron chi connectivity index (χ1n) is 7.19. The summed E-state index contributed by atoms with van der Waals surface area (Å²) in [5.41, 5.74) is 3.02. The summed E-state index contributed by atoms with van der Waals surface area (Å²) in [6, 6.07) is 5.63. The maximum Gasteiger partial charge on any atom is 0.314 e. The number of amides is 2. The van der Waals surface area contributed by atoms with Crippen LogP contribution in [0.5, 0.6) is 0 Å². The normalized spacial score (nSPS) is 13.6. The number of nitrogens with one attached hydrogen (secondary N) is 2. The molecular weight excluding hydrogens is 268 g/mol. The lowest BCUT2D eigenvalue weighted by molar-refractivity contribution is 0.156. The van der Waals surface area contributed by atoms with E-state index in [-0.39, 0.29) is 18.5 Å². The van der Waals surface area contributed by atoms with E-state index < -0.39 is 6.10 Å². The van der Waals surface area contributed by atoms with Crippen LogP contribution >= 0.6 is 0 Å². The predicted octanol–water partition coefficient (Wildman–Crippen LogP) is 1.92. The number of aliphatic hydroxyl groups is 1. The number of hydrogen-bond donors (Lipinski definition) is 3. The second-order valence-electron chi connectivity index (χ2n) is 5.59. The van der Waals surface area contributed by atoms with Gasteiger partial charge in [-0.15, -0.1) is 0 Å². The minimum atomic E-state index is -0.703. The lowest BCUT2D eigenvalue weighted by Crippen LogP contribution is -2.40. The Balaban J connectivity index is 2.38. The molecule has 0 saturated heterocycles. The number of rotatable bonds is 7. The topological polar surface area (TPSA) is 70.6 Å². The molecule has 0 radical (unpaired) electrons. The van der Waals surface area contributed by atoms with Crippen LogP contribution in [0.4, 0.5) is 4.79 Å². The summed E-state index contributed by atoms with van der Waals surface area (Å²) in [4.78, 5) is 11.6. The number of aryl methyl sites for hydroxylation is 2. The second kappa shape index (κ2) is 8.64. The van der Waals surface area contributed by atoms with Crippen LogP contribution in [0, 0.1) is 19.8 Å². The summed E-state index contributed by atoms with van der Waals surface area (Å²) in [7, 11) is 1.64. The molecule has 21 heavy (non-hydrogen) atoms. The highest BCUT2D eigenvalue weighted by molar-refractivity contribution is 5.73. The molecule has 1 rings (SSSR count). The Morgan fingerprint density at radius 1 is 1.19 bits per heavy atom. The number of ether oxygens (including phenoxy) is 1. The predicted molar refractivity (Wildman–Crippen MR) is 83.3 cm³/mol. The summed E-state index contributed by atoms with van der Waals surface area (Å²) < 4.78 is 5.00. The molecule has 0 unspecified atom stereocenters. The van der Waals surface area contributed by atoms with Crippen LogP contribution in [-0.2, 0) is 4.74 Å². The number of methoxy groups -OCH3 is 1. The maximum absolute atomic E-state index is 11.6. The number of hydrogen-bond acceptors (Lipinski definition) is 3. The number of aliphatic hydroxyl groups excluding tert-OH is 1. The van der Waals surface area contributed by atoms with Gasteiger partial charge in [0, 0.05) is 20.2 Å². The molecule has 1 aromatic rings. The van der Waals surface area contributed by atoms with Crippen LogP contribution in [0.3, 0.4) is 0 Å². The smallest absolute Gasteiger partial charge is 0.314 e. The second-order valence-corrected chi connectivity index (χ2v) is 5.59. The van der Waals surface area contributed by atoms with Gasteiger partial charge in [0.1, 0.15) is 0 Å². The van der Waals surface area contributed by atoms with E-state index in [1.807, 2.05) is 39.0 Å². The number of urea groups is 1. The van der Waals surface area contributed by atoms with Gasteiger partial charge in [0.15, 0.2) is 0 Å². The highest BCUT2D eigenvalue weighted by atomic mass is 16.5. The molecule has 0 aliphatic carbocycles.